The fourth-order valence-electron chi connectivity index (χ4n) is 2.72. The summed E-state index contributed by atoms with van der Waals surface area (Å²) in [5, 5.41) is 1.34. The summed E-state index contributed by atoms with van der Waals surface area (Å²) in [6.45, 7) is 0.830. The van der Waals surface area contributed by atoms with Crippen LogP contribution in [0, 0.1) is 0 Å². The zero-order valence-corrected chi connectivity index (χ0v) is 14.2. The highest BCUT2D eigenvalue weighted by Gasteiger charge is 2.15. The van der Waals surface area contributed by atoms with Crippen LogP contribution in [0.4, 0.5) is 8.78 Å². The first-order chi connectivity index (χ1) is 12.6. The number of hydrogen-bond donors (Lipinski definition) is 0. The molecule has 3 aromatic rings. The van der Waals surface area contributed by atoms with Gasteiger partial charge in [0.15, 0.2) is 11.5 Å². The van der Waals surface area contributed by atoms with Gasteiger partial charge >= 0.3 is 6.61 Å². The van der Waals surface area contributed by atoms with Gasteiger partial charge in [-0.1, -0.05) is 36.9 Å². The summed E-state index contributed by atoms with van der Waals surface area (Å²) in [7, 11) is 1.61. The lowest BCUT2D eigenvalue weighted by atomic mass is 10.0. The average molecular weight is 356 g/mol. The molecule has 0 aromatic heterocycles. The fraction of sp³-hybridized carbons (Fsp3) is 0.143. The van der Waals surface area contributed by atoms with Crippen molar-refractivity contribution < 1.29 is 23.0 Å². The molecule has 5 heteroatoms. The van der Waals surface area contributed by atoms with Crippen molar-refractivity contribution in [1.82, 2.24) is 0 Å². The van der Waals surface area contributed by atoms with Gasteiger partial charge in [0.25, 0.3) is 0 Å². The second-order valence-electron chi connectivity index (χ2n) is 5.54. The van der Waals surface area contributed by atoms with Crippen molar-refractivity contribution in [2.45, 2.75) is 6.61 Å². The maximum absolute atomic E-state index is 12.9. The Bertz CT molecular complexity index is 905. The largest absolute Gasteiger partial charge is 0.497 e. The van der Waals surface area contributed by atoms with Crippen LogP contribution in [0.25, 0.3) is 21.9 Å². The first-order valence-electron chi connectivity index (χ1n) is 8.02. The van der Waals surface area contributed by atoms with Gasteiger partial charge in [0.1, 0.15) is 12.4 Å². The van der Waals surface area contributed by atoms with Crippen molar-refractivity contribution >= 4 is 10.8 Å². The first-order valence-corrected chi connectivity index (χ1v) is 8.02. The van der Waals surface area contributed by atoms with Crippen molar-refractivity contribution in [3.63, 3.8) is 0 Å². The molecule has 0 heterocycles. The number of alkyl halides is 2. The molecule has 26 heavy (non-hydrogen) atoms. The van der Waals surface area contributed by atoms with Crippen LogP contribution < -0.4 is 14.2 Å². The van der Waals surface area contributed by atoms with Gasteiger partial charge in [-0.3, -0.25) is 0 Å². The highest BCUT2D eigenvalue weighted by Crippen LogP contribution is 2.38. The quantitative estimate of drug-likeness (QED) is 0.510. The Hall–Kier alpha value is -3.08. The van der Waals surface area contributed by atoms with Crippen LogP contribution in [0.3, 0.4) is 0 Å². The van der Waals surface area contributed by atoms with E-state index >= 15 is 0 Å². The van der Waals surface area contributed by atoms with Crippen LogP contribution in [0.15, 0.2) is 67.3 Å². The summed E-state index contributed by atoms with van der Waals surface area (Å²) in [6, 6.07) is 16.6. The van der Waals surface area contributed by atoms with E-state index in [-0.39, 0.29) is 18.1 Å². The van der Waals surface area contributed by atoms with Crippen LogP contribution in [0.2, 0.25) is 0 Å². The maximum atomic E-state index is 12.9. The highest BCUT2D eigenvalue weighted by molar-refractivity contribution is 5.93. The molecule has 0 unspecified atom stereocenters. The standard InChI is InChI=1S/C21H18F2O3/c1-3-12-25-19-11-7-16-13-15(14-4-8-17(24-2)9-5-14)6-10-18(16)20(19)26-21(22)23/h3-11,13,21H,1,12H2,2H3. The molecule has 0 fully saturated rings. The summed E-state index contributed by atoms with van der Waals surface area (Å²) >= 11 is 0. The van der Waals surface area contributed by atoms with E-state index in [0.29, 0.717) is 5.39 Å². The van der Waals surface area contributed by atoms with Crippen LogP contribution in [-0.4, -0.2) is 20.3 Å². The van der Waals surface area contributed by atoms with Crippen LogP contribution >= 0.6 is 0 Å². The maximum Gasteiger partial charge on any atom is 0.387 e. The lowest BCUT2D eigenvalue weighted by Crippen LogP contribution is -2.05. The summed E-state index contributed by atoms with van der Waals surface area (Å²) in [4.78, 5) is 0. The minimum atomic E-state index is -2.94. The third-order valence-electron chi connectivity index (χ3n) is 3.92. The number of methoxy groups -OCH3 is 1. The lowest BCUT2D eigenvalue weighted by molar-refractivity contribution is -0.0502. The second kappa shape index (κ2) is 7.87. The van der Waals surface area contributed by atoms with Crippen molar-refractivity contribution in [1.29, 1.82) is 0 Å². The van der Waals surface area contributed by atoms with Gasteiger partial charge in [-0.25, -0.2) is 0 Å². The topological polar surface area (TPSA) is 27.7 Å². The molecule has 0 radical (unpaired) electrons. The van der Waals surface area contributed by atoms with E-state index in [4.69, 9.17) is 14.2 Å². The van der Waals surface area contributed by atoms with E-state index in [1.807, 2.05) is 42.5 Å². The summed E-state index contributed by atoms with van der Waals surface area (Å²) in [5.74, 6) is 1.06. The average Bonchev–Trinajstić information content (AvgIpc) is 2.66. The third kappa shape index (κ3) is 3.77. The fourth-order valence-corrected chi connectivity index (χ4v) is 2.72. The van der Waals surface area contributed by atoms with E-state index in [9.17, 15) is 8.78 Å². The number of rotatable bonds is 7. The molecule has 0 N–H and O–H groups in total. The van der Waals surface area contributed by atoms with E-state index in [2.05, 4.69) is 6.58 Å². The number of fused-ring (bicyclic) bond motifs is 1. The smallest absolute Gasteiger partial charge is 0.387 e. The summed E-state index contributed by atoms with van der Waals surface area (Å²) in [6.07, 6.45) is 1.54. The first kappa shape index (κ1) is 17.7. The van der Waals surface area contributed by atoms with Gasteiger partial charge in [-0.05, 0) is 46.8 Å². The van der Waals surface area contributed by atoms with Gasteiger partial charge in [0.05, 0.1) is 7.11 Å². The van der Waals surface area contributed by atoms with Crippen LogP contribution in [0.1, 0.15) is 0 Å². The monoisotopic (exact) mass is 356 g/mol. The second-order valence-corrected chi connectivity index (χ2v) is 5.54. The van der Waals surface area contributed by atoms with Crippen molar-refractivity contribution in [2.75, 3.05) is 13.7 Å². The Morgan fingerprint density at radius 2 is 1.73 bits per heavy atom. The predicted molar refractivity (Wildman–Crippen MR) is 98.3 cm³/mol. The Morgan fingerprint density at radius 3 is 2.38 bits per heavy atom. The van der Waals surface area contributed by atoms with Crippen molar-refractivity contribution in [3.8, 4) is 28.4 Å². The Kier molecular flexibility index (Phi) is 5.37. The summed E-state index contributed by atoms with van der Waals surface area (Å²) in [5.41, 5.74) is 1.96. The summed E-state index contributed by atoms with van der Waals surface area (Å²) < 4.78 is 41.0. The Morgan fingerprint density at radius 1 is 1.00 bits per heavy atom. The third-order valence-corrected chi connectivity index (χ3v) is 3.92. The SMILES string of the molecule is C=CCOc1ccc2cc(-c3ccc(OC)cc3)ccc2c1OC(F)F. The van der Waals surface area contributed by atoms with E-state index in [1.165, 1.54) is 0 Å². The Balaban J connectivity index is 2.05. The minimum absolute atomic E-state index is 0.0284. The molecule has 3 aromatic carbocycles. The van der Waals surface area contributed by atoms with Gasteiger partial charge in [-0.2, -0.15) is 8.78 Å². The molecule has 0 aliphatic rings. The van der Waals surface area contributed by atoms with E-state index in [0.717, 1.165) is 22.3 Å². The molecule has 0 spiro atoms. The van der Waals surface area contributed by atoms with Crippen molar-refractivity contribution in [3.05, 3.63) is 67.3 Å². The molecule has 0 aliphatic heterocycles. The van der Waals surface area contributed by atoms with Crippen molar-refractivity contribution in [2.24, 2.45) is 0 Å². The highest BCUT2D eigenvalue weighted by atomic mass is 19.3. The van der Waals surface area contributed by atoms with Crippen LogP contribution in [-0.2, 0) is 0 Å². The minimum Gasteiger partial charge on any atom is -0.497 e. The van der Waals surface area contributed by atoms with Gasteiger partial charge in [0.2, 0.25) is 0 Å². The predicted octanol–water partition coefficient (Wildman–Crippen LogP) is 5.68. The molecule has 3 rings (SSSR count). The molecule has 0 atom stereocenters. The lowest BCUT2D eigenvalue weighted by Gasteiger charge is -2.14. The van der Waals surface area contributed by atoms with E-state index in [1.54, 1.807) is 25.3 Å². The molecular formula is C21H18F2O3. The molecular weight excluding hydrogens is 338 g/mol. The van der Waals surface area contributed by atoms with E-state index < -0.39 is 6.61 Å². The number of ether oxygens (including phenoxy) is 3. The normalized spacial score (nSPS) is 10.8. The van der Waals surface area contributed by atoms with Gasteiger partial charge in [-0.15, -0.1) is 0 Å². The molecule has 0 saturated heterocycles. The molecule has 134 valence electrons. The van der Waals surface area contributed by atoms with Gasteiger partial charge in [0, 0.05) is 5.39 Å². The van der Waals surface area contributed by atoms with Gasteiger partial charge < -0.3 is 14.2 Å². The molecule has 3 nitrogen and oxygen atoms in total. The molecule has 0 aliphatic carbocycles. The molecule has 0 bridgehead atoms. The number of hydrogen-bond acceptors (Lipinski definition) is 3. The Labute approximate surface area is 150 Å². The number of halogens is 2. The number of benzene rings is 3. The zero-order valence-electron chi connectivity index (χ0n) is 14.2. The molecule has 0 amide bonds. The molecule has 0 saturated carbocycles. The van der Waals surface area contributed by atoms with Crippen LogP contribution in [0.5, 0.6) is 17.2 Å². The zero-order chi connectivity index (χ0) is 18.5.